The molecule has 0 unspecified atom stereocenters. The van der Waals surface area contributed by atoms with Crippen LogP contribution in [0.25, 0.3) is 0 Å². The third-order valence-electron chi connectivity index (χ3n) is 0. The van der Waals surface area contributed by atoms with Gasteiger partial charge in [0.1, 0.15) is 6.29 Å². The van der Waals surface area contributed by atoms with Crippen LogP contribution in [0.4, 0.5) is 0 Å². The molecule has 0 spiro atoms. The summed E-state index contributed by atoms with van der Waals surface area (Å²) in [7, 11) is 0. The van der Waals surface area contributed by atoms with Crippen molar-refractivity contribution in [2.75, 3.05) is 0 Å². The number of aldehydes is 1. The van der Waals surface area contributed by atoms with Gasteiger partial charge in [0.05, 0.1) is 0 Å². The molecular formula is C2H4OY. The minimum Gasteiger partial charge on any atom is -0.304 e. The summed E-state index contributed by atoms with van der Waals surface area (Å²) in [6.45, 7) is 1.44. The Morgan fingerprint density at radius 1 is 1.75 bits per heavy atom. The quantitative estimate of drug-likeness (QED) is 0.431. The van der Waals surface area contributed by atoms with Crippen LogP contribution >= 0.6 is 0 Å². The van der Waals surface area contributed by atoms with Gasteiger partial charge in [-0.3, -0.25) is 0 Å². The summed E-state index contributed by atoms with van der Waals surface area (Å²) in [5.74, 6) is 0. The van der Waals surface area contributed by atoms with Crippen molar-refractivity contribution in [3.63, 3.8) is 0 Å². The van der Waals surface area contributed by atoms with Gasteiger partial charge in [0, 0.05) is 32.7 Å². The van der Waals surface area contributed by atoms with E-state index in [-0.39, 0.29) is 32.7 Å². The van der Waals surface area contributed by atoms with Gasteiger partial charge in [0.25, 0.3) is 0 Å². The van der Waals surface area contributed by atoms with E-state index < -0.39 is 0 Å². The second kappa shape index (κ2) is 9.23. The molecule has 0 bridgehead atoms. The van der Waals surface area contributed by atoms with E-state index in [0.29, 0.717) is 0 Å². The maximum atomic E-state index is 8.81. The molecule has 0 saturated heterocycles. The molecular weight excluding hydrogens is 129 g/mol. The van der Waals surface area contributed by atoms with Crippen LogP contribution in [-0.2, 0) is 37.5 Å². The Labute approximate surface area is 50.6 Å². The summed E-state index contributed by atoms with van der Waals surface area (Å²) in [5, 5.41) is 0. The minimum absolute atomic E-state index is 0. The zero-order valence-electron chi connectivity index (χ0n) is 2.56. The van der Waals surface area contributed by atoms with Crippen LogP contribution in [0, 0.1) is 0 Å². The molecule has 0 atom stereocenters. The van der Waals surface area contributed by atoms with Gasteiger partial charge >= 0.3 is 0 Å². The van der Waals surface area contributed by atoms with Crippen LogP contribution in [0.5, 0.6) is 0 Å². The van der Waals surface area contributed by atoms with Gasteiger partial charge in [-0.05, 0) is 6.92 Å². The van der Waals surface area contributed by atoms with E-state index in [2.05, 4.69) is 0 Å². The molecule has 0 aromatic rings. The van der Waals surface area contributed by atoms with E-state index in [4.69, 9.17) is 4.79 Å². The average molecular weight is 133 g/mol. The fraction of sp³-hybridized carbons (Fsp3) is 0.500. The standard InChI is InChI=1S/C2H4O.Y/c1-2-3;/h2H,1H3;. The van der Waals surface area contributed by atoms with E-state index >= 15 is 0 Å². The molecule has 2 heteroatoms. The molecule has 1 nitrogen and oxygen atoms in total. The van der Waals surface area contributed by atoms with Gasteiger partial charge in [0.15, 0.2) is 0 Å². The summed E-state index contributed by atoms with van der Waals surface area (Å²) in [4.78, 5) is 8.81. The fourth-order valence-electron chi connectivity index (χ4n) is 0. The molecule has 0 aromatic heterocycles. The van der Waals surface area contributed by atoms with Crippen LogP contribution in [0.15, 0.2) is 0 Å². The first-order chi connectivity index (χ1) is 1.41. The molecule has 1 radical (unpaired) electrons. The predicted octanol–water partition coefficient (Wildman–Crippen LogP) is 0.203. The summed E-state index contributed by atoms with van der Waals surface area (Å²) in [5.41, 5.74) is 0. The maximum Gasteiger partial charge on any atom is 0.116 e. The number of rotatable bonds is 0. The molecule has 0 fully saturated rings. The van der Waals surface area contributed by atoms with Crippen molar-refractivity contribution in [1.29, 1.82) is 0 Å². The minimum atomic E-state index is 0. The van der Waals surface area contributed by atoms with Crippen LogP contribution in [-0.4, -0.2) is 6.29 Å². The van der Waals surface area contributed by atoms with Gasteiger partial charge < -0.3 is 4.79 Å². The summed E-state index contributed by atoms with van der Waals surface area (Å²) < 4.78 is 0. The number of carbonyl (C=O) groups excluding carboxylic acids is 1. The molecule has 0 N–H and O–H groups in total. The van der Waals surface area contributed by atoms with Crippen molar-refractivity contribution in [3.8, 4) is 0 Å². The Morgan fingerprint density at radius 3 is 1.75 bits per heavy atom. The van der Waals surface area contributed by atoms with Crippen molar-refractivity contribution in [1.82, 2.24) is 0 Å². The molecule has 0 rings (SSSR count). The molecule has 0 aromatic carbocycles. The van der Waals surface area contributed by atoms with Crippen molar-refractivity contribution >= 4 is 6.29 Å². The first-order valence-electron chi connectivity index (χ1n) is 0.813. The normalized spacial score (nSPS) is 3.25. The summed E-state index contributed by atoms with van der Waals surface area (Å²) >= 11 is 0. The van der Waals surface area contributed by atoms with Crippen molar-refractivity contribution in [3.05, 3.63) is 0 Å². The Morgan fingerprint density at radius 2 is 1.75 bits per heavy atom. The maximum absolute atomic E-state index is 8.81. The number of carbonyl (C=O) groups is 1. The van der Waals surface area contributed by atoms with Crippen molar-refractivity contribution in [2.24, 2.45) is 0 Å². The molecule has 0 amide bonds. The molecule has 0 aliphatic heterocycles. The Kier molecular flexibility index (Phi) is 20.4. The zero-order valence-corrected chi connectivity index (χ0v) is 5.40. The van der Waals surface area contributed by atoms with Gasteiger partial charge in [-0.1, -0.05) is 0 Å². The topological polar surface area (TPSA) is 17.1 Å². The van der Waals surface area contributed by atoms with Gasteiger partial charge in [-0.15, -0.1) is 0 Å². The second-order valence-electron chi connectivity index (χ2n) is 0.236. The number of hydrogen-bond acceptors (Lipinski definition) is 1. The van der Waals surface area contributed by atoms with Gasteiger partial charge in [-0.25, -0.2) is 0 Å². The van der Waals surface area contributed by atoms with Crippen LogP contribution in [0.2, 0.25) is 0 Å². The fourth-order valence-corrected chi connectivity index (χ4v) is 0. The third kappa shape index (κ3) is 14.6. The van der Waals surface area contributed by atoms with Crippen LogP contribution in [0.1, 0.15) is 6.92 Å². The van der Waals surface area contributed by atoms with E-state index in [0.717, 1.165) is 6.29 Å². The smallest absolute Gasteiger partial charge is 0.116 e. The molecule has 0 saturated carbocycles. The monoisotopic (exact) mass is 133 g/mol. The Balaban J connectivity index is 0. The SMILES string of the molecule is CC=O.[Y]. The van der Waals surface area contributed by atoms with Crippen molar-refractivity contribution in [2.45, 2.75) is 6.92 Å². The summed E-state index contributed by atoms with van der Waals surface area (Å²) in [6.07, 6.45) is 0.750. The van der Waals surface area contributed by atoms with Crippen LogP contribution in [0.3, 0.4) is 0 Å². The Bertz CT molecular complexity index is 13.5. The van der Waals surface area contributed by atoms with E-state index in [1.165, 1.54) is 6.92 Å². The first-order valence-corrected chi connectivity index (χ1v) is 0.813. The summed E-state index contributed by atoms with van der Waals surface area (Å²) in [6, 6.07) is 0. The molecule has 0 aliphatic rings. The molecule has 4 heavy (non-hydrogen) atoms. The van der Waals surface area contributed by atoms with Gasteiger partial charge in [0.2, 0.25) is 0 Å². The average Bonchev–Trinajstić information content (AvgIpc) is 0.918. The number of hydrogen-bond donors (Lipinski definition) is 0. The molecule has 0 aliphatic carbocycles. The second-order valence-corrected chi connectivity index (χ2v) is 0.236. The van der Waals surface area contributed by atoms with Crippen molar-refractivity contribution < 1.29 is 37.5 Å². The molecule has 0 heterocycles. The predicted molar refractivity (Wildman–Crippen MR) is 11.7 cm³/mol. The first kappa shape index (κ1) is 8.84. The van der Waals surface area contributed by atoms with Crippen LogP contribution < -0.4 is 0 Å². The van der Waals surface area contributed by atoms with E-state index in [9.17, 15) is 0 Å². The van der Waals surface area contributed by atoms with E-state index in [1.807, 2.05) is 0 Å². The molecule has 21 valence electrons. The third-order valence-corrected chi connectivity index (χ3v) is 0. The Hall–Kier alpha value is 0.774. The van der Waals surface area contributed by atoms with Gasteiger partial charge in [-0.2, -0.15) is 0 Å². The largest absolute Gasteiger partial charge is 0.304 e. The zero-order chi connectivity index (χ0) is 2.71. The van der Waals surface area contributed by atoms with E-state index in [1.54, 1.807) is 0 Å².